The summed E-state index contributed by atoms with van der Waals surface area (Å²) in [6.45, 7) is 2.42. The van der Waals surface area contributed by atoms with E-state index in [-0.39, 0.29) is 30.2 Å². The number of carbonyl (C=O) groups is 3. The van der Waals surface area contributed by atoms with Gasteiger partial charge in [-0.05, 0) is 19.8 Å². The molecular weight excluding hydrogens is 314 g/mol. The maximum atomic E-state index is 12.8. The van der Waals surface area contributed by atoms with Crippen LogP contribution in [-0.4, -0.2) is 77.3 Å². The SMILES string of the molecule is CCN(CC(=O)N(C)C)C(=O)[C@H]1CSCN1C(=O)C1CCCC1. The Morgan fingerprint density at radius 2 is 1.83 bits per heavy atom. The van der Waals surface area contributed by atoms with Crippen LogP contribution in [0.1, 0.15) is 32.6 Å². The average Bonchev–Trinajstić information content (AvgIpc) is 3.21. The molecule has 6 nitrogen and oxygen atoms in total. The van der Waals surface area contributed by atoms with Gasteiger partial charge in [-0.3, -0.25) is 14.4 Å². The second kappa shape index (κ2) is 8.04. The molecule has 23 heavy (non-hydrogen) atoms. The third kappa shape index (κ3) is 4.19. The van der Waals surface area contributed by atoms with Gasteiger partial charge in [-0.2, -0.15) is 0 Å². The van der Waals surface area contributed by atoms with Gasteiger partial charge in [0.1, 0.15) is 6.04 Å². The zero-order valence-corrected chi connectivity index (χ0v) is 15.1. The summed E-state index contributed by atoms with van der Waals surface area (Å²) >= 11 is 1.62. The van der Waals surface area contributed by atoms with E-state index >= 15 is 0 Å². The number of rotatable bonds is 5. The lowest BCUT2D eigenvalue weighted by Gasteiger charge is -2.30. The van der Waals surface area contributed by atoms with E-state index in [0.29, 0.717) is 18.2 Å². The molecule has 1 saturated carbocycles. The summed E-state index contributed by atoms with van der Waals surface area (Å²) in [5.74, 6) is 1.23. The van der Waals surface area contributed by atoms with Gasteiger partial charge >= 0.3 is 0 Å². The van der Waals surface area contributed by atoms with E-state index in [1.807, 2.05) is 6.92 Å². The van der Waals surface area contributed by atoms with Crippen LogP contribution in [0.4, 0.5) is 0 Å². The third-order valence-electron chi connectivity index (χ3n) is 4.67. The van der Waals surface area contributed by atoms with E-state index < -0.39 is 6.04 Å². The van der Waals surface area contributed by atoms with Crippen LogP contribution in [0.15, 0.2) is 0 Å². The zero-order chi connectivity index (χ0) is 17.0. The minimum Gasteiger partial charge on any atom is -0.347 e. The van der Waals surface area contributed by atoms with Crippen molar-refractivity contribution in [1.29, 1.82) is 0 Å². The van der Waals surface area contributed by atoms with E-state index in [1.165, 1.54) is 4.90 Å². The van der Waals surface area contributed by atoms with Gasteiger partial charge < -0.3 is 14.7 Å². The molecule has 1 heterocycles. The van der Waals surface area contributed by atoms with Gasteiger partial charge in [0, 0.05) is 32.3 Å². The summed E-state index contributed by atoms with van der Waals surface area (Å²) in [4.78, 5) is 42.2. The highest BCUT2D eigenvalue weighted by Crippen LogP contribution is 2.31. The molecule has 1 aliphatic heterocycles. The molecule has 0 unspecified atom stereocenters. The van der Waals surface area contributed by atoms with Crippen LogP contribution in [0.3, 0.4) is 0 Å². The number of likely N-dealkylation sites (N-methyl/N-ethyl adjacent to an activating group) is 2. The second-order valence-electron chi connectivity index (χ2n) is 6.45. The van der Waals surface area contributed by atoms with Crippen LogP contribution < -0.4 is 0 Å². The van der Waals surface area contributed by atoms with Crippen LogP contribution in [0.2, 0.25) is 0 Å². The van der Waals surface area contributed by atoms with Crippen molar-refractivity contribution in [3.63, 3.8) is 0 Å². The van der Waals surface area contributed by atoms with Gasteiger partial charge in [-0.1, -0.05) is 12.8 Å². The maximum Gasteiger partial charge on any atom is 0.246 e. The normalized spacial score (nSPS) is 21.5. The molecule has 0 aromatic carbocycles. The van der Waals surface area contributed by atoms with Gasteiger partial charge in [-0.15, -0.1) is 11.8 Å². The highest BCUT2D eigenvalue weighted by molar-refractivity contribution is 7.99. The first kappa shape index (κ1) is 18.1. The molecule has 0 spiro atoms. The molecule has 2 rings (SSSR count). The van der Waals surface area contributed by atoms with Crippen molar-refractivity contribution >= 4 is 29.5 Å². The first-order valence-corrected chi connectivity index (χ1v) is 9.48. The first-order chi connectivity index (χ1) is 11.0. The topological polar surface area (TPSA) is 60.9 Å². The lowest BCUT2D eigenvalue weighted by atomic mass is 10.1. The molecule has 0 aromatic heterocycles. The largest absolute Gasteiger partial charge is 0.347 e. The Balaban J connectivity index is 2.03. The molecule has 3 amide bonds. The Bertz CT molecular complexity index is 463. The Morgan fingerprint density at radius 3 is 2.39 bits per heavy atom. The minimum absolute atomic E-state index is 0.0783. The highest BCUT2D eigenvalue weighted by Gasteiger charge is 2.40. The number of hydrogen-bond donors (Lipinski definition) is 0. The fourth-order valence-electron chi connectivity index (χ4n) is 3.13. The van der Waals surface area contributed by atoms with Crippen LogP contribution >= 0.6 is 11.8 Å². The van der Waals surface area contributed by atoms with Crippen molar-refractivity contribution in [2.45, 2.75) is 38.6 Å². The van der Waals surface area contributed by atoms with E-state index in [9.17, 15) is 14.4 Å². The molecule has 1 aliphatic carbocycles. The van der Waals surface area contributed by atoms with Crippen molar-refractivity contribution in [2.24, 2.45) is 5.92 Å². The van der Waals surface area contributed by atoms with E-state index in [1.54, 1.807) is 35.7 Å². The second-order valence-corrected chi connectivity index (χ2v) is 7.45. The van der Waals surface area contributed by atoms with Crippen LogP contribution in [0, 0.1) is 5.92 Å². The van der Waals surface area contributed by atoms with E-state index in [0.717, 1.165) is 25.7 Å². The number of thioether (sulfide) groups is 1. The molecule has 0 bridgehead atoms. The molecular formula is C16H27N3O3S. The van der Waals surface area contributed by atoms with Gasteiger partial charge in [0.15, 0.2) is 0 Å². The lowest BCUT2D eigenvalue weighted by Crippen LogP contribution is -2.52. The summed E-state index contributed by atoms with van der Waals surface area (Å²) in [5.41, 5.74) is 0. The van der Waals surface area contributed by atoms with Crippen LogP contribution in [0.5, 0.6) is 0 Å². The summed E-state index contributed by atoms with van der Waals surface area (Å²) in [7, 11) is 3.37. The Kier molecular flexibility index (Phi) is 6.33. The Morgan fingerprint density at radius 1 is 1.17 bits per heavy atom. The number of hydrogen-bond acceptors (Lipinski definition) is 4. The highest BCUT2D eigenvalue weighted by atomic mass is 32.2. The molecule has 0 aromatic rings. The van der Waals surface area contributed by atoms with Crippen molar-refractivity contribution < 1.29 is 14.4 Å². The van der Waals surface area contributed by atoms with Gasteiger partial charge in [0.2, 0.25) is 17.7 Å². The smallest absolute Gasteiger partial charge is 0.246 e. The summed E-state index contributed by atoms with van der Waals surface area (Å²) in [6.07, 6.45) is 4.10. The van der Waals surface area contributed by atoms with Crippen LogP contribution in [-0.2, 0) is 14.4 Å². The number of amides is 3. The van der Waals surface area contributed by atoms with Crippen molar-refractivity contribution in [3.05, 3.63) is 0 Å². The zero-order valence-electron chi connectivity index (χ0n) is 14.3. The molecule has 7 heteroatoms. The lowest BCUT2D eigenvalue weighted by molar-refractivity contribution is -0.147. The van der Waals surface area contributed by atoms with Crippen LogP contribution in [0.25, 0.3) is 0 Å². The predicted molar refractivity (Wildman–Crippen MR) is 90.9 cm³/mol. The van der Waals surface area contributed by atoms with Gasteiger partial charge in [0.25, 0.3) is 0 Å². The predicted octanol–water partition coefficient (Wildman–Crippen LogP) is 1.01. The van der Waals surface area contributed by atoms with Gasteiger partial charge in [-0.25, -0.2) is 0 Å². The number of carbonyl (C=O) groups excluding carboxylic acids is 3. The van der Waals surface area contributed by atoms with Crippen molar-refractivity contribution in [1.82, 2.24) is 14.7 Å². The average molecular weight is 341 g/mol. The van der Waals surface area contributed by atoms with Crippen molar-refractivity contribution in [2.75, 3.05) is 38.8 Å². The summed E-state index contributed by atoms with van der Waals surface area (Å²) in [6, 6.07) is -0.414. The fraction of sp³-hybridized carbons (Fsp3) is 0.812. The molecule has 130 valence electrons. The maximum absolute atomic E-state index is 12.8. The van der Waals surface area contributed by atoms with Gasteiger partial charge in [0.05, 0.1) is 12.4 Å². The molecule has 1 atom stereocenters. The van der Waals surface area contributed by atoms with E-state index in [4.69, 9.17) is 0 Å². The monoisotopic (exact) mass is 341 g/mol. The fourth-order valence-corrected chi connectivity index (χ4v) is 4.29. The third-order valence-corrected chi connectivity index (χ3v) is 5.69. The molecule has 2 fully saturated rings. The quantitative estimate of drug-likeness (QED) is 0.749. The molecule has 0 radical (unpaired) electrons. The van der Waals surface area contributed by atoms with Crippen molar-refractivity contribution in [3.8, 4) is 0 Å². The Labute approximate surface area is 142 Å². The summed E-state index contributed by atoms with van der Waals surface area (Å²) < 4.78 is 0. The minimum atomic E-state index is -0.414. The summed E-state index contributed by atoms with van der Waals surface area (Å²) in [5, 5.41) is 0. The number of nitrogens with zero attached hydrogens (tertiary/aromatic N) is 3. The standard InChI is InChI=1S/C16H27N3O3S/c1-4-18(9-14(20)17(2)3)16(22)13-10-23-11-19(13)15(21)12-7-5-6-8-12/h12-13H,4-11H2,1-3H3/t13-/m1/s1. The molecule has 2 aliphatic rings. The van der Waals surface area contributed by atoms with E-state index in [2.05, 4.69) is 0 Å². The Hall–Kier alpha value is -1.24. The first-order valence-electron chi connectivity index (χ1n) is 8.32. The molecule has 1 saturated heterocycles. The molecule has 0 N–H and O–H groups in total.